The molecular formula is C26H35N3O3S. The summed E-state index contributed by atoms with van der Waals surface area (Å²) in [5.74, 6) is 1.13. The third-order valence-corrected chi connectivity index (χ3v) is 8.02. The number of likely N-dealkylation sites (N-methyl/N-ethyl adjacent to an activating group) is 1. The third kappa shape index (κ3) is 4.95. The van der Waals surface area contributed by atoms with Crippen molar-refractivity contribution < 1.29 is 13.2 Å². The average molecular weight is 470 g/mol. The number of rotatable bonds is 7. The molecule has 33 heavy (non-hydrogen) atoms. The molecule has 3 aromatic rings. The van der Waals surface area contributed by atoms with Crippen LogP contribution in [0.2, 0.25) is 0 Å². The van der Waals surface area contributed by atoms with Crippen LogP contribution < -0.4 is 4.74 Å². The van der Waals surface area contributed by atoms with Gasteiger partial charge in [-0.1, -0.05) is 32.0 Å². The summed E-state index contributed by atoms with van der Waals surface area (Å²) in [4.78, 5) is 5.06. The van der Waals surface area contributed by atoms with E-state index in [1.54, 1.807) is 18.3 Å². The smallest absolute Gasteiger partial charge is 0.268 e. The van der Waals surface area contributed by atoms with Crippen molar-refractivity contribution in [2.24, 2.45) is 0 Å². The van der Waals surface area contributed by atoms with Gasteiger partial charge in [0.15, 0.2) is 0 Å². The Morgan fingerprint density at radius 3 is 2.18 bits per heavy atom. The van der Waals surface area contributed by atoms with Gasteiger partial charge >= 0.3 is 0 Å². The van der Waals surface area contributed by atoms with Crippen LogP contribution in [-0.4, -0.2) is 61.5 Å². The van der Waals surface area contributed by atoms with Gasteiger partial charge in [-0.15, -0.1) is 0 Å². The van der Waals surface area contributed by atoms with Crippen LogP contribution in [0.25, 0.3) is 10.9 Å². The topological polar surface area (TPSA) is 54.8 Å². The second kappa shape index (κ2) is 9.49. The molecule has 0 spiro atoms. The molecular weight excluding hydrogens is 434 g/mol. The molecule has 0 unspecified atom stereocenters. The molecule has 0 saturated carbocycles. The number of hydrogen-bond acceptors (Lipinski definition) is 5. The van der Waals surface area contributed by atoms with Crippen molar-refractivity contribution in [3.05, 3.63) is 59.8 Å². The Bertz CT molecular complexity index is 1210. The number of fused-ring (bicyclic) bond motifs is 1. The molecule has 0 N–H and O–H groups in total. The highest BCUT2D eigenvalue weighted by atomic mass is 32.2. The van der Waals surface area contributed by atoms with E-state index < -0.39 is 10.0 Å². The SMILES string of the molecule is CC(C)Oc1c(CN2CCN(C)CC2)ccc2c1ccn2S(=O)(=O)c1ccc(C(C)C)cc1. The van der Waals surface area contributed by atoms with Gasteiger partial charge in [0.25, 0.3) is 10.0 Å². The number of benzene rings is 2. The van der Waals surface area contributed by atoms with Gasteiger partial charge in [0, 0.05) is 49.9 Å². The van der Waals surface area contributed by atoms with Crippen molar-refractivity contribution in [2.75, 3.05) is 33.2 Å². The van der Waals surface area contributed by atoms with Gasteiger partial charge in [-0.2, -0.15) is 0 Å². The minimum atomic E-state index is -3.71. The second-order valence-corrected chi connectivity index (χ2v) is 11.4. The predicted octanol–water partition coefficient (Wildman–Crippen LogP) is 4.54. The van der Waals surface area contributed by atoms with E-state index in [2.05, 4.69) is 30.7 Å². The summed E-state index contributed by atoms with van der Waals surface area (Å²) >= 11 is 0. The minimum absolute atomic E-state index is 0.00891. The van der Waals surface area contributed by atoms with Crippen LogP contribution in [0.3, 0.4) is 0 Å². The molecule has 0 atom stereocenters. The Labute approximate surface area is 197 Å². The number of aromatic nitrogens is 1. The molecule has 1 aliphatic rings. The molecule has 178 valence electrons. The summed E-state index contributed by atoms with van der Waals surface area (Å²) in [5, 5.41) is 0.831. The maximum atomic E-state index is 13.5. The zero-order valence-electron chi connectivity index (χ0n) is 20.3. The van der Waals surface area contributed by atoms with Gasteiger partial charge in [0.2, 0.25) is 0 Å². The van der Waals surface area contributed by atoms with E-state index in [0.29, 0.717) is 11.4 Å². The highest BCUT2D eigenvalue weighted by molar-refractivity contribution is 7.90. The molecule has 0 aliphatic carbocycles. The first kappa shape index (κ1) is 23.8. The van der Waals surface area contributed by atoms with Crippen molar-refractivity contribution >= 4 is 20.9 Å². The summed E-state index contributed by atoms with van der Waals surface area (Å²) in [6.45, 7) is 13.1. The predicted molar refractivity (Wildman–Crippen MR) is 134 cm³/mol. The van der Waals surface area contributed by atoms with Gasteiger partial charge in [-0.05, 0) is 56.6 Å². The first-order valence-electron chi connectivity index (χ1n) is 11.7. The molecule has 1 aliphatic heterocycles. The lowest BCUT2D eigenvalue weighted by atomic mass is 10.0. The van der Waals surface area contributed by atoms with Crippen molar-refractivity contribution in [3.63, 3.8) is 0 Å². The van der Waals surface area contributed by atoms with E-state index in [9.17, 15) is 8.42 Å². The van der Waals surface area contributed by atoms with Crippen molar-refractivity contribution in [2.45, 2.75) is 51.2 Å². The van der Waals surface area contributed by atoms with Crippen LogP contribution in [0.15, 0.2) is 53.6 Å². The first-order chi connectivity index (χ1) is 15.7. The van der Waals surface area contributed by atoms with E-state index in [0.717, 1.165) is 55.0 Å². The lowest BCUT2D eigenvalue weighted by molar-refractivity contribution is 0.145. The molecule has 2 heterocycles. The quantitative estimate of drug-likeness (QED) is 0.509. The van der Waals surface area contributed by atoms with Gasteiger partial charge in [-0.3, -0.25) is 4.90 Å². The number of nitrogens with zero attached hydrogens (tertiary/aromatic N) is 3. The molecule has 6 nitrogen and oxygen atoms in total. The second-order valence-electron chi connectivity index (χ2n) is 9.57. The Morgan fingerprint density at radius 2 is 1.58 bits per heavy atom. The molecule has 2 aromatic carbocycles. The Morgan fingerprint density at radius 1 is 0.909 bits per heavy atom. The monoisotopic (exact) mass is 469 g/mol. The fraction of sp³-hybridized carbons (Fsp3) is 0.462. The maximum Gasteiger partial charge on any atom is 0.268 e. The fourth-order valence-electron chi connectivity index (χ4n) is 4.30. The van der Waals surface area contributed by atoms with Crippen LogP contribution in [0, 0.1) is 0 Å². The molecule has 7 heteroatoms. The van der Waals surface area contributed by atoms with Crippen LogP contribution in [0.1, 0.15) is 44.7 Å². The Kier molecular flexibility index (Phi) is 6.84. The molecule has 0 radical (unpaired) electrons. The van der Waals surface area contributed by atoms with Crippen LogP contribution in [0.5, 0.6) is 5.75 Å². The molecule has 1 saturated heterocycles. The lowest BCUT2D eigenvalue weighted by Gasteiger charge is -2.32. The molecule has 4 rings (SSSR count). The van der Waals surface area contributed by atoms with Gasteiger partial charge in [0.1, 0.15) is 5.75 Å². The summed E-state index contributed by atoms with van der Waals surface area (Å²) in [6, 6.07) is 13.0. The van der Waals surface area contributed by atoms with E-state index in [1.165, 1.54) is 3.97 Å². The fourth-order valence-corrected chi connectivity index (χ4v) is 5.65. The highest BCUT2D eigenvalue weighted by Crippen LogP contribution is 2.34. The van der Waals surface area contributed by atoms with Crippen molar-refractivity contribution in [1.29, 1.82) is 0 Å². The van der Waals surface area contributed by atoms with Crippen LogP contribution in [0.4, 0.5) is 0 Å². The summed E-state index contributed by atoms with van der Waals surface area (Å²) in [7, 11) is -1.56. The Balaban J connectivity index is 1.72. The molecule has 1 aromatic heterocycles. The number of ether oxygens (including phenoxy) is 1. The molecule has 0 bridgehead atoms. The van der Waals surface area contributed by atoms with Gasteiger partial charge in [-0.25, -0.2) is 12.4 Å². The van der Waals surface area contributed by atoms with Crippen molar-refractivity contribution in [1.82, 2.24) is 13.8 Å². The van der Waals surface area contributed by atoms with E-state index in [4.69, 9.17) is 4.74 Å². The zero-order valence-corrected chi connectivity index (χ0v) is 21.1. The average Bonchev–Trinajstić information content (AvgIpc) is 3.22. The standard InChI is InChI=1S/C26H35N3O3S/c1-19(2)21-6-9-23(10-7-21)33(30,31)29-13-12-24-25(29)11-8-22(26(24)32-20(3)4)18-28-16-14-27(5)15-17-28/h6-13,19-20H,14-18H2,1-5H3. The van der Waals surface area contributed by atoms with Crippen LogP contribution in [-0.2, 0) is 16.6 Å². The van der Waals surface area contributed by atoms with E-state index in [-0.39, 0.29) is 11.0 Å². The maximum absolute atomic E-state index is 13.5. The third-order valence-electron chi connectivity index (χ3n) is 6.32. The zero-order chi connectivity index (χ0) is 23.8. The summed E-state index contributed by atoms with van der Waals surface area (Å²) < 4.78 is 34.6. The Hall–Kier alpha value is -2.35. The van der Waals surface area contributed by atoms with E-state index in [1.807, 2.05) is 44.2 Å². The lowest BCUT2D eigenvalue weighted by Crippen LogP contribution is -2.43. The summed E-state index contributed by atoms with van der Waals surface area (Å²) in [5.41, 5.74) is 2.85. The summed E-state index contributed by atoms with van der Waals surface area (Å²) in [6.07, 6.45) is 1.63. The number of hydrogen-bond donors (Lipinski definition) is 0. The highest BCUT2D eigenvalue weighted by Gasteiger charge is 2.23. The van der Waals surface area contributed by atoms with E-state index >= 15 is 0 Å². The van der Waals surface area contributed by atoms with Gasteiger partial charge < -0.3 is 9.64 Å². The minimum Gasteiger partial charge on any atom is -0.490 e. The van der Waals surface area contributed by atoms with Gasteiger partial charge in [0.05, 0.1) is 16.5 Å². The molecule has 1 fully saturated rings. The number of piperazine rings is 1. The first-order valence-corrected chi connectivity index (χ1v) is 13.2. The largest absolute Gasteiger partial charge is 0.490 e. The normalized spacial score (nSPS) is 16.2. The van der Waals surface area contributed by atoms with Crippen molar-refractivity contribution in [3.8, 4) is 5.75 Å². The van der Waals surface area contributed by atoms with Crippen LogP contribution >= 0.6 is 0 Å². The molecule has 0 amide bonds.